The number of carbonyl (C=O) groups is 1. The van der Waals surface area contributed by atoms with Crippen LogP contribution in [0.3, 0.4) is 0 Å². The van der Waals surface area contributed by atoms with Gasteiger partial charge >= 0.3 is 6.09 Å². The average Bonchev–Trinajstić information content (AvgIpc) is 2.40. The molecule has 1 saturated heterocycles. The van der Waals surface area contributed by atoms with Crippen molar-refractivity contribution in [3.63, 3.8) is 0 Å². The van der Waals surface area contributed by atoms with Crippen LogP contribution in [0, 0.1) is 0 Å². The van der Waals surface area contributed by atoms with Crippen LogP contribution < -0.4 is 5.73 Å². The minimum absolute atomic E-state index is 0.0482. The van der Waals surface area contributed by atoms with Gasteiger partial charge in [-0.25, -0.2) is 13.6 Å². The summed E-state index contributed by atoms with van der Waals surface area (Å²) >= 11 is 0. The van der Waals surface area contributed by atoms with Crippen LogP contribution in [0.2, 0.25) is 0 Å². The summed E-state index contributed by atoms with van der Waals surface area (Å²) in [7, 11) is 0. The molecule has 0 aromatic heterocycles. The van der Waals surface area contributed by atoms with Gasteiger partial charge in [0.05, 0.1) is 5.54 Å². The van der Waals surface area contributed by atoms with Gasteiger partial charge in [-0.1, -0.05) is 30.3 Å². The minimum atomic E-state index is -2.97. The number of halogens is 2. The molecule has 1 aliphatic heterocycles. The van der Waals surface area contributed by atoms with Gasteiger partial charge in [0.15, 0.2) is 0 Å². The zero-order chi connectivity index (χ0) is 14.8. The first-order chi connectivity index (χ1) is 9.32. The molecule has 0 saturated carbocycles. The van der Waals surface area contributed by atoms with Gasteiger partial charge in [-0.3, -0.25) is 0 Å². The first-order valence-electron chi connectivity index (χ1n) is 6.44. The van der Waals surface area contributed by atoms with E-state index in [4.69, 9.17) is 10.5 Å². The molecule has 0 aliphatic carbocycles. The van der Waals surface area contributed by atoms with E-state index in [1.165, 1.54) is 11.8 Å². The van der Waals surface area contributed by atoms with E-state index in [0.29, 0.717) is 0 Å². The molecule has 1 heterocycles. The monoisotopic (exact) mass is 284 g/mol. The first-order valence-corrected chi connectivity index (χ1v) is 6.44. The van der Waals surface area contributed by atoms with E-state index in [1.807, 2.05) is 30.3 Å². The van der Waals surface area contributed by atoms with Crippen LogP contribution in [-0.4, -0.2) is 35.5 Å². The lowest BCUT2D eigenvalue weighted by atomic mass is 9.88. The van der Waals surface area contributed by atoms with Crippen LogP contribution in [0.1, 0.15) is 18.9 Å². The Morgan fingerprint density at radius 2 is 2.05 bits per heavy atom. The SMILES string of the molecule is CC1(N)CN(C(=O)OCc2ccccc2)CCC1(F)F. The third-order valence-electron chi connectivity index (χ3n) is 3.51. The third kappa shape index (κ3) is 3.07. The van der Waals surface area contributed by atoms with Crippen molar-refractivity contribution in [1.82, 2.24) is 4.90 Å². The summed E-state index contributed by atoms with van der Waals surface area (Å²) in [5.74, 6) is -2.97. The van der Waals surface area contributed by atoms with E-state index in [0.717, 1.165) is 5.56 Å². The predicted octanol–water partition coefficient (Wildman–Crippen LogP) is 2.38. The summed E-state index contributed by atoms with van der Waals surface area (Å²) in [6.45, 7) is 1.11. The summed E-state index contributed by atoms with van der Waals surface area (Å²) in [5.41, 5.74) is 4.71. The van der Waals surface area contributed by atoms with Crippen molar-refractivity contribution in [1.29, 1.82) is 0 Å². The highest BCUT2D eigenvalue weighted by molar-refractivity contribution is 5.68. The summed E-state index contributed by atoms with van der Waals surface area (Å²) in [5, 5.41) is 0. The van der Waals surface area contributed by atoms with Crippen LogP contribution in [-0.2, 0) is 11.3 Å². The van der Waals surface area contributed by atoms with E-state index in [9.17, 15) is 13.6 Å². The van der Waals surface area contributed by atoms with Gasteiger partial charge < -0.3 is 15.4 Å². The van der Waals surface area contributed by atoms with Gasteiger partial charge in [-0.2, -0.15) is 0 Å². The number of nitrogens with zero attached hydrogens (tertiary/aromatic N) is 1. The number of ether oxygens (including phenoxy) is 1. The number of carbonyl (C=O) groups excluding carboxylic acids is 1. The van der Waals surface area contributed by atoms with Gasteiger partial charge in [-0.05, 0) is 12.5 Å². The van der Waals surface area contributed by atoms with Gasteiger partial charge in [0.25, 0.3) is 5.92 Å². The maximum Gasteiger partial charge on any atom is 0.410 e. The molecule has 1 amide bonds. The fourth-order valence-electron chi connectivity index (χ4n) is 2.12. The molecule has 6 heteroatoms. The first kappa shape index (κ1) is 14.7. The smallest absolute Gasteiger partial charge is 0.410 e. The molecule has 2 N–H and O–H groups in total. The molecule has 0 spiro atoms. The number of piperidine rings is 1. The Morgan fingerprint density at radius 1 is 1.40 bits per heavy atom. The fraction of sp³-hybridized carbons (Fsp3) is 0.500. The quantitative estimate of drug-likeness (QED) is 0.907. The van der Waals surface area contributed by atoms with Crippen LogP contribution >= 0.6 is 0 Å². The number of rotatable bonds is 2. The molecule has 1 atom stereocenters. The van der Waals surface area contributed by atoms with E-state index < -0.39 is 24.0 Å². The summed E-state index contributed by atoms with van der Waals surface area (Å²) in [4.78, 5) is 13.1. The van der Waals surface area contributed by atoms with Crippen LogP contribution in [0.5, 0.6) is 0 Å². The molecule has 20 heavy (non-hydrogen) atoms. The van der Waals surface area contributed by atoms with Crippen LogP contribution in [0.15, 0.2) is 30.3 Å². The third-order valence-corrected chi connectivity index (χ3v) is 3.51. The lowest BCUT2D eigenvalue weighted by Crippen LogP contribution is -2.65. The number of hydrogen-bond acceptors (Lipinski definition) is 3. The summed E-state index contributed by atoms with van der Waals surface area (Å²) < 4.78 is 32.2. The molecule has 110 valence electrons. The Hall–Kier alpha value is -1.69. The normalized spacial score (nSPS) is 25.3. The Morgan fingerprint density at radius 3 is 2.65 bits per heavy atom. The van der Waals surface area contributed by atoms with Crippen LogP contribution in [0.25, 0.3) is 0 Å². The van der Waals surface area contributed by atoms with E-state index in [-0.39, 0.29) is 19.7 Å². The zero-order valence-electron chi connectivity index (χ0n) is 11.3. The van der Waals surface area contributed by atoms with Crippen molar-refractivity contribution in [3.8, 4) is 0 Å². The van der Waals surface area contributed by atoms with Crippen molar-refractivity contribution in [2.45, 2.75) is 31.4 Å². The molecule has 0 bridgehead atoms. The Balaban J connectivity index is 1.91. The highest BCUT2D eigenvalue weighted by Crippen LogP contribution is 2.34. The molecule has 1 unspecified atom stereocenters. The van der Waals surface area contributed by atoms with Crippen molar-refractivity contribution in [3.05, 3.63) is 35.9 Å². The molecule has 2 rings (SSSR count). The standard InChI is InChI=1S/C14H18F2N2O2/c1-13(17)10-18(8-7-14(13,15)16)12(19)20-9-11-5-3-2-4-6-11/h2-6H,7-10,17H2,1H3. The molecular weight excluding hydrogens is 266 g/mol. The number of benzene rings is 1. The van der Waals surface area contributed by atoms with Crippen molar-refractivity contribution in [2.24, 2.45) is 5.73 Å². The van der Waals surface area contributed by atoms with Gasteiger partial charge in [-0.15, -0.1) is 0 Å². The zero-order valence-corrected chi connectivity index (χ0v) is 11.3. The van der Waals surface area contributed by atoms with E-state index in [1.54, 1.807) is 0 Å². The number of likely N-dealkylation sites (tertiary alicyclic amines) is 1. The average molecular weight is 284 g/mol. The highest BCUT2D eigenvalue weighted by atomic mass is 19.3. The predicted molar refractivity (Wildman–Crippen MR) is 70.4 cm³/mol. The van der Waals surface area contributed by atoms with Gasteiger partial charge in [0, 0.05) is 19.5 Å². The van der Waals surface area contributed by atoms with E-state index in [2.05, 4.69) is 0 Å². The topological polar surface area (TPSA) is 55.6 Å². The molecule has 1 fully saturated rings. The van der Waals surface area contributed by atoms with Crippen LogP contribution in [0.4, 0.5) is 13.6 Å². The molecule has 1 aliphatic rings. The lowest BCUT2D eigenvalue weighted by molar-refractivity contribution is -0.110. The Kier molecular flexibility index (Phi) is 3.94. The van der Waals surface area contributed by atoms with Crippen molar-refractivity contribution in [2.75, 3.05) is 13.1 Å². The van der Waals surface area contributed by atoms with Gasteiger partial charge in [0.1, 0.15) is 6.61 Å². The highest BCUT2D eigenvalue weighted by Gasteiger charge is 2.52. The number of amides is 1. The second kappa shape index (κ2) is 5.36. The molecular formula is C14H18F2N2O2. The number of nitrogens with two attached hydrogens (primary N) is 1. The van der Waals surface area contributed by atoms with E-state index >= 15 is 0 Å². The maximum atomic E-state index is 13.6. The second-order valence-electron chi connectivity index (χ2n) is 5.33. The van der Waals surface area contributed by atoms with Crippen molar-refractivity contribution >= 4 is 6.09 Å². The Labute approximate surface area is 116 Å². The lowest BCUT2D eigenvalue weighted by Gasteiger charge is -2.42. The summed E-state index contributed by atoms with van der Waals surface area (Å²) in [6.07, 6.45) is -1.05. The summed E-state index contributed by atoms with van der Waals surface area (Å²) in [6, 6.07) is 9.18. The molecule has 1 aromatic rings. The number of hydrogen-bond donors (Lipinski definition) is 1. The van der Waals surface area contributed by atoms with Gasteiger partial charge in [0.2, 0.25) is 0 Å². The Bertz CT molecular complexity index is 477. The van der Waals surface area contributed by atoms with Crippen molar-refractivity contribution < 1.29 is 18.3 Å². The number of alkyl halides is 2. The molecule has 1 aromatic carbocycles. The fourth-order valence-corrected chi connectivity index (χ4v) is 2.12. The minimum Gasteiger partial charge on any atom is -0.445 e. The maximum absolute atomic E-state index is 13.6. The second-order valence-corrected chi connectivity index (χ2v) is 5.33. The molecule has 4 nitrogen and oxygen atoms in total. The largest absolute Gasteiger partial charge is 0.445 e. The molecule has 0 radical (unpaired) electrons.